The first-order chi connectivity index (χ1) is 7.00. The van der Waals surface area contributed by atoms with Crippen molar-refractivity contribution in [2.45, 2.75) is 19.6 Å². The SMILES string of the molecule is C[C@@H](OCc1ccc(F)cc1Cl)C(=O)O. The van der Waals surface area contributed by atoms with Gasteiger partial charge in [0, 0.05) is 5.02 Å². The summed E-state index contributed by atoms with van der Waals surface area (Å²) in [5.74, 6) is -1.48. The van der Waals surface area contributed by atoms with Crippen LogP contribution in [0.15, 0.2) is 18.2 Å². The van der Waals surface area contributed by atoms with Crippen LogP contribution in [0.1, 0.15) is 12.5 Å². The minimum Gasteiger partial charge on any atom is -0.479 e. The average Bonchev–Trinajstić information content (AvgIpc) is 2.15. The Balaban J connectivity index is 2.62. The van der Waals surface area contributed by atoms with Gasteiger partial charge in [0.15, 0.2) is 6.10 Å². The molecule has 0 heterocycles. The fourth-order valence-corrected chi connectivity index (χ4v) is 1.15. The van der Waals surface area contributed by atoms with Crippen molar-refractivity contribution in [2.24, 2.45) is 0 Å². The molecule has 0 aliphatic carbocycles. The predicted octanol–water partition coefficient (Wildman–Crippen LogP) is 2.47. The van der Waals surface area contributed by atoms with Crippen LogP contribution in [0.4, 0.5) is 4.39 Å². The molecule has 1 N–H and O–H groups in total. The van der Waals surface area contributed by atoms with E-state index in [4.69, 9.17) is 21.4 Å². The van der Waals surface area contributed by atoms with E-state index in [1.807, 2.05) is 0 Å². The first kappa shape index (κ1) is 11.9. The number of hydrogen-bond donors (Lipinski definition) is 1. The highest BCUT2D eigenvalue weighted by atomic mass is 35.5. The van der Waals surface area contributed by atoms with Crippen LogP contribution in [0, 0.1) is 5.82 Å². The summed E-state index contributed by atoms with van der Waals surface area (Å²) in [6, 6.07) is 3.87. The molecule has 0 aromatic heterocycles. The molecule has 1 aromatic rings. The highest BCUT2D eigenvalue weighted by Gasteiger charge is 2.12. The van der Waals surface area contributed by atoms with E-state index in [2.05, 4.69) is 0 Å². The Hall–Kier alpha value is -1.13. The molecule has 0 saturated heterocycles. The van der Waals surface area contributed by atoms with Gasteiger partial charge in [-0.25, -0.2) is 9.18 Å². The summed E-state index contributed by atoms with van der Waals surface area (Å²) >= 11 is 5.73. The zero-order valence-electron chi connectivity index (χ0n) is 8.04. The highest BCUT2D eigenvalue weighted by Crippen LogP contribution is 2.18. The van der Waals surface area contributed by atoms with Gasteiger partial charge >= 0.3 is 5.97 Å². The number of carboxylic acids is 1. The van der Waals surface area contributed by atoms with Crippen LogP contribution in [0.3, 0.4) is 0 Å². The molecule has 0 saturated carbocycles. The average molecular weight is 233 g/mol. The molecule has 82 valence electrons. The van der Waals surface area contributed by atoms with Gasteiger partial charge in [0.25, 0.3) is 0 Å². The van der Waals surface area contributed by atoms with Gasteiger partial charge in [0.05, 0.1) is 6.61 Å². The zero-order valence-corrected chi connectivity index (χ0v) is 8.79. The standard InChI is InChI=1S/C10H10ClFO3/c1-6(10(13)14)15-5-7-2-3-8(12)4-9(7)11/h2-4,6H,5H2,1H3,(H,13,14)/t6-/m1/s1. The van der Waals surface area contributed by atoms with E-state index in [9.17, 15) is 9.18 Å². The van der Waals surface area contributed by atoms with Crippen molar-refractivity contribution in [3.8, 4) is 0 Å². The molecule has 1 rings (SSSR count). The predicted molar refractivity (Wildman–Crippen MR) is 53.3 cm³/mol. The maximum absolute atomic E-state index is 12.7. The third kappa shape index (κ3) is 3.49. The molecule has 1 atom stereocenters. The molecule has 0 fully saturated rings. The number of ether oxygens (including phenoxy) is 1. The van der Waals surface area contributed by atoms with Gasteiger partial charge in [-0.15, -0.1) is 0 Å². The Labute approximate surface area is 91.4 Å². The second-order valence-corrected chi connectivity index (χ2v) is 3.43. The fraction of sp³-hybridized carbons (Fsp3) is 0.300. The van der Waals surface area contributed by atoms with Crippen LogP contribution in [0.5, 0.6) is 0 Å². The third-order valence-corrected chi connectivity index (χ3v) is 2.20. The van der Waals surface area contributed by atoms with E-state index in [0.717, 1.165) is 6.07 Å². The van der Waals surface area contributed by atoms with E-state index in [0.29, 0.717) is 5.56 Å². The summed E-state index contributed by atoms with van der Waals surface area (Å²) in [5.41, 5.74) is 0.561. The monoisotopic (exact) mass is 232 g/mol. The number of carboxylic acid groups (broad SMARTS) is 1. The van der Waals surface area contributed by atoms with E-state index < -0.39 is 17.9 Å². The maximum Gasteiger partial charge on any atom is 0.332 e. The van der Waals surface area contributed by atoms with E-state index in [1.165, 1.54) is 19.1 Å². The summed E-state index contributed by atoms with van der Waals surface area (Å²) in [7, 11) is 0. The lowest BCUT2D eigenvalue weighted by atomic mass is 10.2. The second-order valence-electron chi connectivity index (χ2n) is 3.03. The molecule has 0 spiro atoms. The molecule has 0 bridgehead atoms. The van der Waals surface area contributed by atoms with Crippen molar-refractivity contribution in [1.29, 1.82) is 0 Å². The normalized spacial score (nSPS) is 12.5. The lowest BCUT2D eigenvalue weighted by molar-refractivity contribution is -0.149. The summed E-state index contributed by atoms with van der Waals surface area (Å²) in [4.78, 5) is 10.4. The quantitative estimate of drug-likeness (QED) is 0.868. The lowest BCUT2D eigenvalue weighted by Gasteiger charge is -2.09. The first-order valence-electron chi connectivity index (χ1n) is 4.29. The minimum absolute atomic E-state index is 0.0482. The lowest BCUT2D eigenvalue weighted by Crippen LogP contribution is -2.19. The van der Waals surface area contributed by atoms with Gasteiger partial charge in [-0.05, 0) is 24.6 Å². The zero-order chi connectivity index (χ0) is 11.4. The smallest absolute Gasteiger partial charge is 0.332 e. The van der Waals surface area contributed by atoms with Crippen molar-refractivity contribution < 1.29 is 19.0 Å². The van der Waals surface area contributed by atoms with Crippen molar-refractivity contribution in [3.63, 3.8) is 0 Å². The molecule has 0 radical (unpaired) electrons. The molecule has 0 aliphatic rings. The van der Waals surface area contributed by atoms with E-state index >= 15 is 0 Å². The Morgan fingerprint density at radius 2 is 2.33 bits per heavy atom. The molecular weight excluding hydrogens is 223 g/mol. The Morgan fingerprint density at radius 1 is 1.67 bits per heavy atom. The number of benzene rings is 1. The Kier molecular flexibility index (Phi) is 4.05. The van der Waals surface area contributed by atoms with Crippen LogP contribution in [-0.4, -0.2) is 17.2 Å². The van der Waals surface area contributed by atoms with Crippen LogP contribution in [0.25, 0.3) is 0 Å². The third-order valence-electron chi connectivity index (χ3n) is 1.85. The van der Waals surface area contributed by atoms with Crippen molar-refractivity contribution in [3.05, 3.63) is 34.6 Å². The van der Waals surface area contributed by atoms with Crippen LogP contribution >= 0.6 is 11.6 Å². The number of halogens is 2. The van der Waals surface area contributed by atoms with Crippen LogP contribution < -0.4 is 0 Å². The number of hydrogen-bond acceptors (Lipinski definition) is 2. The number of aliphatic carboxylic acids is 1. The highest BCUT2D eigenvalue weighted by molar-refractivity contribution is 6.31. The van der Waals surface area contributed by atoms with Gasteiger partial charge in [-0.2, -0.15) is 0 Å². The van der Waals surface area contributed by atoms with Crippen LogP contribution in [0.2, 0.25) is 5.02 Å². The second kappa shape index (κ2) is 5.09. The van der Waals surface area contributed by atoms with Gasteiger partial charge in [-0.1, -0.05) is 17.7 Å². The molecule has 1 aromatic carbocycles. The summed E-state index contributed by atoms with van der Waals surface area (Å²) < 4.78 is 17.7. The first-order valence-corrected chi connectivity index (χ1v) is 4.67. The summed E-state index contributed by atoms with van der Waals surface area (Å²) in [6.07, 6.45) is -0.911. The van der Waals surface area contributed by atoms with Crippen molar-refractivity contribution in [1.82, 2.24) is 0 Å². The Bertz CT molecular complexity index is 368. The van der Waals surface area contributed by atoms with Gasteiger partial charge < -0.3 is 9.84 Å². The molecule has 0 amide bonds. The van der Waals surface area contributed by atoms with Gasteiger partial charge in [0.2, 0.25) is 0 Å². The molecule has 0 aliphatic heterocycles. The van der Waals surface area contributed by atoms with Gasteiger partial charge in [-0.3, -0.25) is 0 Å². The summed E-state index contributed by atoms with van der Waals surface area (Å²) in [5, 5.41) is 8.78. The Morgan fingerprint density at radius 3 is 2.87 bits per heavy atom. The van der Waals surface area contributed by atoms with Gasteiger partial charge in [0.1, 0.15) is 5.82 Å². The number of carbonyl (C=O) groups is 1. The molecular formula is C10H10ClFO3. The van der Waals surface area contributed by atoms with E-state index in [1.54, 1.807) is 0 Å². The minimum atomic E-state index is -1.05. The number of rotatable bonds is 4. The van der Waals surface area contributed by atoms with Crippen molar-refractivity contribution in [2.75, 3.05) is 0 Å². The molecule has 0 unspecified atom stereocenters. The topological polar surface area (TPSA) is 46.5 Å². The fourth-order valence-electron chi connectivity index (χ4n) is 0.925. The molecule has 5 heteroatoms. The molecule has 15 heavy (non-hydrogen) atoms. The largest absolute Gasteiger partial charge is 0.479 e. The maximum atomic E-state index is 12.7. The van der Waals surface area contributed by atoms with E-state index in [-0.39, 0.29) is 11.6 Å². The van der Waals surface area contributed by atoms with Crippen LogP contribution in [-0.2, 0) is 16.1 Å². The molecule has 3 nitrogen and oxygen atoms in total. The van der Waals surface area contributed by atoms with Crippen molar-refractivity contribution >= 4 is 17.6 Å². The summed E-state index contributed by atoms with van der Waals surface area (Å²) in [6.45, 7) is 1.46.